The highest BCUT2D eigenvalue weighted by molar-refractivity contribution is 14.1. The van der Waals surface area contributed by atoms with Crippen molar-refractivity contribution in [3.8, 4) is 5.75 Å². The smallest absolute Gasteiger partial charge is 0.475 e. The zero-order valence-electron chi connectivity index (χ0n) is 58.5. The molecule has 4 aromatic rings. The average molecular weight is 1570 g/mol. The SMILES string of the molecule is CN1CCN(CC(=O)O)CCN(CC(=O)O)CC(Cc2ccc(NC(=S)NCCCC[C@H](NC(=O)CCOCCOCCOCCNC(=O)COc3ccc4c(C(=O)NCC(=O)N5CCC[C@H]5B(O)O)ccnc4c3)C(=O)N[C@@H](CCCCNC(=O)Cc3ccc(I)cc3)C(=O)O)cc2)N(C)CC1. The third-order valence-corrected chi connectivity index (χ3v) is 18.3. The molecule has 2 saturated heterocycles. The van der Waals surface area contributed by atoms with Crippen molar-refractivity contribution in [2.75, 3.05) is 157 Å². The standard InChI is InChI=1S/C69H99BIN13O18S/c1-80-28-30-81(2)52(44-83(46-65(91)92)33-32-82(31-29-80)45-64(89)90)40-48-13-17-51(18-14-48)77-69(103)75-24-6-3-8-56(67(94)79-57(68(95)96)9-4-5-23-73-61(86)41-49-11-15-50(71)16-12-49)78-60(85)22-34-99-36-38-101-39-37-100-35-26-74-62(87)47-102-53-19-20-54-55(21-25-72-58(54)42-53)66(93)76-43-63(88)84-27-7-10-59(84)70(97)98/h11-21,25,42,52,56-57,59,97-98H,3-10,22-24,26-41,43-47H2,1-2H3,(H,73,86)(H,74,87)(H,76,93)(H,78,85)(H,79,94)(H,89,90)(H,91,92)(H,95,96)(H2,75,77,103)/t52?,56-,57-,59-/m0/s1. The summed E-state index contributed by atoms with van der Waals surface area (Å²) in [4.78, 5) is 128. The van der Waals surface area contributed by atoms with Gasteiger partial charge in [-0.3, -0.25) is 53.1 Å². The number of anilines is 1. The van der Waals surface area contributed by atoms with Crippen LogP contribution in [-0.2, 0) is 65.4 Å². The first-order valence-electron chi connectivity index (χ1n) is 34.7. The number of nitrogens with zero attached hydrogens (tertiary/aromatic N) is 6. The lowest BCUT2D eigenvalue weighted by atomic mass is 9.78. The summed E-state index contributed by atoms with van der Waals surface area (Å²) in [6.07, 6.45) is 5.34. The van der Waals surface area contributed by atoms with E-state index in [1.54, 1.807) is 18.2 Å². The number of hydrogen-bond donors (Lipinski definition) is 12. The summed E-state index contributed by atoms with van der Waals surface area (Å²) in [7, 11) is 2.38. The molecule has 1 unspecified atom stereocenters. The molecule has 6 rings (SSSR count). The van der Waals surface area contributed by atoms with E-state index < -0.39 is 72.6 Å². The van der Waals surface area contributed by atoms with Gasteiger partial charge in [-0.25, -0.2) is 4.79 Å². The van der Waals surface area contributed by atoms with Crippen molar-refractivity contribution in [1.82, 2.24) is 61.4 Å². The number of hydrogen-bond acceptors (Lipinski definition) is 21. The second kappa shape index (κ2) is 46.1. The third kappa shape index (κ3) is 32.4. The molecule has 0 saturated carbocycles. The van der Waals surface area contributed by atoms with Gasteiger partial charge in [0.25, 0.3) is 11.8 Å². The molecule has 0 aliphatic carbocycles. The van der Waals surface area contributed by atoms with Crippen LogP contribution in [0.4, 0.5) is 5.69 Å². The van der Waals surface area contributed by atoms with E-state index >= 15 is 0 Å². The van der Waals surface area contributed by atoms with E-state index in [1.807, 2.05) is 72.4 Å². The Morgan fingerprint density at radius 1 is 0.660 bits per heavy atom. The number of nitrogens with one attached hydrogen (secondary N) is 7. The monoisotopic (exact) mass is 1570 g/mol. The Morgan fingerprint density at radius 3 is 1.99 bits per heavy atom. The predicted octanol–water partition coefficient (Wildman–Crippen LogP) is 0.809. The summed E-state index contributed by atoms with van der Waals surface area (Å²) in [5.74, 6) is -6.16. The Bertz CT molecular complexity index is 3390. The minimum Gasteiger partial charge on any atom is -0.484 e. The first-order valence-corrected chi connectivity index (χ1v) is 36.2. The van der Waals surface area contributed by atoms with Gasteiger partial charge in [0, 0.05) is 111 Å². The van der Waals surface area contributed by atoms with Crippen molar-refractivity contribution >= 4 is 117 Å². The first kappa shape index (κ1) is 84.2. The summed E-state index contributed by atoms with van der Waals surface area (Å²) in [6, 6.07) is 19.3. The number of carboxylic acids is 3. The predicted molar refractivity (Wildman–Crippen MR) is 396 cm³/mol. The zero-order valence-corrected chi connectivity index (χ0v) is 61.5. The molecule has 2 aliphatic heterocycles. The average Bonchev–Trinajstić information content (AvgIpc) is 0.965. The van der Waals surface area contributed by atoms with Crippen LogP contribution in [0.25, 0.3) is 10.9 Å². The van der Waals surface area contributed by atoms with Gasteiger partial charge in [0.05, 0.1) is 82.7 Å². The van der Waals surface area contributed by atoms with Gasteiger partial charge in [0.15, 0.2) is 11.7 Å². The van der Waals surface area contributed by atoms with Crippen molar-refractivity contribution < 1.29 is 87.5 Å². The fourth-order valence-corrected chi connectivity index (χ4v) is 12.2. The van der Waals surface area contributed by atoms with Gasteiger partial charge in [-0.2, -0.15) is 0 Å². The van der Waals surface area contributed by atoms with Crippen molar-refractivity contribution in [2.45, 2.75) is 94.7 Å². The number of rotatable bonds is 42. The number of carboxylic acid groups (broad SMARTS) is 3. The molecule has 0 spiro atoms. The van der Waals surface area contributed by atoms with Gasteiger partial charge in [0.2, 0.25) is 23.6 Å². The number of carbonyl (C=O) groups excluding carboxylic acids is 6. The summed E-state index contributed by atoms with van der Waals surface area (Å²) in [5, 5.41) is 69.4. The summed E-state index contributed by atoms with van der Waals surface area (Å²) >= 11 is 7.81. The summed E-state index contributed by atoms with van der Waals surface area (Å²) < 4.78 is 23.5. The maximum Gasteiger partial charge on any atom is 0.475 e. The second-order valence-electron chi connectivity index (χ2n) is 25.3. The molecular formula is C69H99BIN13O18S. The van der Waals surface area contributed by atoms with Crippen LogP contribution in [0.1, 0.15) is 79.3 Å². The number of benzene rings is 3. The molecule has 564 valence electrons. The van der Waals surface area contributed by atoms with Gasteiger partial charge < -0.3 is 96.2 Å². The quantitative estimate of drug-likeness (QED) is 0.0126. The maximum atomic E-state index is 13.8. The summed E-state index contributed by atoms with van der Waals surface area (Å²) in [5.41, 5.74) is 3.32. The van der Waals surface area contributed by atoms with Crippen LogP contribution in [0.15, 0.2) is 79.0 Å². The number of carbonyl (C=O) groups is 9. The minimum absolute atomic E-state index is 0.00325. The highest BCUT2D eigenvalue weighted by atomic mass is 127. The Kier molecular flexibility index (Phi) is 37.7. The van der Waals surface area contributed by atoms with Crippen LogP contribution in [0.3, 0.4) is 0 Å². The van der Waals surface area contributed by atoms with Crippen molar-refractivity contribution in [2.24, 2.45) is 0 Å². The molecule has 103 heavy (non-hydrogen) atoms. The number of halogens is 1. The molecule has 12 N–H and O–H groups in total. The Balaban J connectivity index is 0.883. The fourth-order valence-electron chi connectivity index (χ4n) is 11.6. The number of amides is 6. The fraction of sp³-hybridized carbons (Fsp3) is 0.551. The molecule has 31 nitrogen and oxygen atoms in total. The van der Waals surface area contributed by atoms with E-state index in [1.165, 1.54) is 17.2 Å². The largest absolute Gasteiger partial charge is 0.484 e. The van der Waals surface area contributed by atoms with Crippen LogP contribution < -0.4 is 42.0 Å². The number of likely N-dealkylation sites (N-methyl/N-ethyl adjacent to an activating group) is 2. The first-order chi connectivity index (χ1) is 49.5. The molecule has 34 heteroatoms. The molecule has 4 atom stereocenters. The van der Waals surface area contributed by atoms with Crippen LogP contribution in [0.5, 0.6) is 5.75 Å². The number of pyridine rings is 1. The Labute approximate surface area is 619 Å². The third-order valence-electron chi connectivity index (χ3n) is 17.3. The van der Waals surface area contributed by atoms with Crippen LogP contribution in [-0.4, -0.2) is 296 Å². The molecule has 6 amide bonds. The van der Waals surface area contributed by atoms with Gasteiger partial charge in [-0.15, -0.1) is 0 Å². The minimum atomic E-state index is -1.67. The number of thiocarbonyl (C=S) groups is 1. The summed E-state index contributed by atoms with van der Waals surface area (Å²) in [6.45, 7) is 5.32. The van der Waals surface area contributed by atoms with E-state index in [-0.39, 0.29) is 116 Å². The molecular weight excluding hydrogens is 1470 g/mol. The van der Waals surface area contributed by atoms with E-state index in [0.717, 1.165) is 33.5 Å². The topological polar surface area (TPSA) is 405 Å². The molecule has 0 radical (unpaired) electrons. The van der Waals surface area contributed by atoms with Crippen molar-refractivity contribution in [3.63, 3.8) is 0 Å². The van der Waals surface area contributed by atoms with Gasteiger partial charge >= 0.3 is 25.0 Å². The van der Waals surface area contributed by atoms with Crippen LogP contribution in [0, 0.1) is 3.57 Å². The van der Waals surface area contributed by atoms with Crippen molar-refractivity contribution in [1.29, 1.82) is 0 Å². The molecule has 0 bridgehead atoms. The number of ether oxygens (including phenoxy) is 4. The van der Waals surface area contributed by atoms with Gasteiger partial charge in [-0.05, 0) is 160 Å². The molecule has 2 fully saturated rings. The van der Waals surface area contributed by atoms with Crippen LogP contribution in [0.2, 0.25) is 0 Å². The molecule has 3 heterocycles. The number of aromatic nitrogens is 1. The van der Waals surface area contributed by atoms with E-state index in [0.29, 0.717) is 119 Å². The number of likely N-dealkylation sites (tertiary alicyclic amines) is 1. The highest BCUT2D eigenvalue weighted by Crippen LogP contribution is 2.24. The second-order valence-corrected chi connectivity index (χ2v) is 27.0. The van der Waals surface area contributed by atoms with Gasteiger partial charge in [-0.1, -0.05) is 24.3 Å². The maximum absolute atomic E-state index is 13.8. The van der Waals surface area contributed by atoms with Gasteiger partial charge in [0.1, 0.15) is 17.8 Å². The molecule has 3 aromatic carbocycles. The lowest BCUT2D eigenvalue weighted by Gasteiger charge is -2.36. The lowest BCUT2D eigenvalue weighted by molar-refractivity contribution is -0.142. The Hall–Kier alpha value is -7.78. The number of unbranched alkanes of at least 4 members (excludes halogenated alkanes) is 2. The van der Waals surface area contributed by atoms with Crippen LogP contribution >= 0.6 is 34.8 Å². The lowest BCUT2D eigenvalue weighted by Crippen LogP contribution is -2.51. The molecule has 2 aliphatic rings. The molecule has 1 aromatic heterocycles. The normalized spacial score (nSPS) is 16.3. The van der Waals surface area contributed by atoms with E-state index in [9.17, 15) is 68.5 Å². The number of aliphatic carboxylic acids is 3. The zero-order chi connectivity index (χ0) is 74.5. The van der Waals surface area contributed by atoms with Crippen molar-refractivity contribution in [3.05, 3.63) is 99.3 Å². The van der Waals surface area contributed by atoms with E-state index in [2.05, 4.69) is 74.6 Å². The number of fused-ring (bicyclic) bond motifs is 1. The Morgan fingerprint density at radius 2 is 1.29 bits per heavy atom. The highest BCUT2D eigenvalue weighted by Gasteiger charge is 2.37. The van der Waals surface area contributed by atoms with E-state index in [4.69, 9.17) is 31.2 Å².